The molecule has 0 aliphatic carbocycles. The Morgan fingerprint density at radius 3 is 2.73 bits per heavy atom. The van der Waals surface area contributed by atoms with E-state index in [0.29, 0.717) is 5.76 Å². The number of benzene rings is 1. The minimum absolute atomic E-state index is 0.0624. The van der Waals surface area contributed by atoms with Gasteiger partial charge in [0.25, 0.3) is 0 Å². The van der Waals surface area contributed by atoms with Crippen molar-refractivity contribution in [1.29, 1.82) is 0 Å². The summed E-state index contributed by atoms with van der Waals surface area (Å²) in [6.07, 6.45) is 0. The van der Waals surface area contributed by atoms with E-state index in [1.54, 1.807) is 6.07 Å². The Morgan fingerprint density at radius 1 is 1.27 bits per heavy atom. The number of rotatable bonds is 2. The number of hydrogen-bond donors (Lipinski definition) is 1. The van der Waals surface area contributed by atoms with Gasteiger partial charge < -0.3 is 9.52 Å². The summed E-state index contributed by atoms with van der Waals surface area (Å²) in [6, 6.07) is 9.62. The fourth-order valence-corrected chi connectivity index (χ4v) is 1.85. The van der Waals surface area contributed by atoms with E-state index >= 15 is 0 Å². The van der Waals surface area contributed by atoms with Gasteiger partial charge in [0.2, 0.25) is 0 Å². The van der Waals surface area contributed by atoms with Crippen molar-refractivity contribution in [2.75, 3.05) is 0 Å². The summed E-state index contributed by atoms with van der Waals surface area (Å²) < 4.78 is 6.54. The van der Waals surface area contributed by atoms with Crippen molar-refractivity contribution in [1.82, 2.24) is 0 Å². The van der Waals surface area contributed by atoms with Gasteiger partial charge in [-0.2, -0.15) is 0 Å². The van der Waals surface area contributed by atoms with Crippen molar-refractivity contribution in [3.8, 4) is 11.3 Å². The molecule has 3 heteroatoms. The van der Waals surface area contributed by atoms with Gasteiger partial charge in [0.05, 0.1) is 0 Å². The highest BCUT2D eigenvalue weighted by molar-refractivity contribution is 9.10. The maximum atomic E-state index is 8.92. The minimum atomic E-state index is -0.0624. The highest BCUT2D eigenvalue weighted by atomic mass is 79.9. The van der Waals surface area contributed by atoms with Crippen LogP contribution in [0.25, 0.3) is 11.3 Å². The molecule has 0 unspecified atom stereocenters. The number of aliphatic hydroxyl groups excluding tert-OH is 1. The number of aliphatic hydroxyl groups is 1. The van der Waals surface area contributed by atoms with Gasteiger partial charge in [-0.15, -0.1) is 0 Å². The summed E-state index contributed by atoms with van der Waals surface area (Å²) >= 11 is 3.48. The smallest absolute Gasteiger partial charge is 0.134 e. The second-order valence-electron chi connectivity index (χ2n) is 3.34. The number of hydrogen-bond acceptors (Lipinski definition) is 2. The lowest BCUT2D eigenvalue weighted by Gasteiger charge is -2.04. The summed E-state index contributed by atoms with van der Waals surface area (Å²) in [5.41, 5.74) is 2.18. The minimum Gasteiger partial charge on any atom is -0.459 e. The van der Waals surface area contributed by atoms with Crippen LogP contribution in [0, 0.1) is 6.92 Å². The van der Waals surface area contributed by atoms with Crippen molar-refractivity contribution < 1.29 is 9.52 Å². The Morgan fingerprint density at radius 2 is 2.07 bits per heavy atom. The zero-order valence-corrected chi connectivity index (χ0v) is 9.91. The molecule has 2 rings (SSSR count). The lowest BCUT2D eigenvalue weighted by molar-refractivity contribution is 0.248. The van der Waals surface area contributed by atoms with Gasteiger partial charge in [-0.25, -0.2) is 0 Å². The van der Waals surface area contributed by atoms with Gasteiger partial charge in [0, 0.05) is 10.0 Å². The average Bonchev–Trinajstić information content (AvgIpc) is 2.70. The van der Waals surface area contributed by atoms with E-state index < -0.39 is 0 Å². The van der Waals surface area contributed by atoms with Crippen molar-refractivity contribution in [3.05, 3.63) is 46.1 Å². The van der Waals surface area contributed by atoms with E-state index in [-0.39, 0.29) is 6.61 Å². The molecule has 0 bridgehead atoms. The van der Waals surface area contributed by atoms with Crippen LogP contribution in [0.2, 0.25) is 0 Å². The molecule has 1 N–H and O–H groups in total. The predicted molar refractivity (Wildman–Crippen MR) is 62.5 cm³/mol. The van der Waals surface area contributed by atoms with Crippen LogP contribution in [0.3, 0.4) is 0 Å². The maximum absolute atomic E-state index is 8.92. The van der Waals surface area contributed by atoms with Gasteiger partial charge in [0.15, 0.2) is 0 Å². The topological polar surface area (TPSA) is 33.4 Å². The standard InChI is InChI=1S/C12H11BrO2/c1-8-10(3-2-4-11(8)13)12-6-5-9(7-14)15-12/h2-6,14H,7H2,1H3. The molecule has 1 aromatic carbocycles. The van der Waals surface area contributed by atoms with E-state index in [1.165, 1.54) is 0 Å². The molecule has 0 amide bonds. The van der Waals surface area contributed by atoms with E-state index in [9.17, 15) is 0 Å². The first-order valence-corrected chi connectivity index (χ1v) is 5.46. The first kappa shape index (κ1) is 10.5. The molecule has 2 nitrogen and oxygen atoms in total. The molecule has 0 saturated carbocycles. The monoisotopic (exact) mass is 266 g/mol. The molecule has 0 saturated heterocycles. The van der Waals surface area contributed by atoms with Gasteiger partial charge in [-0.3, -0.25) is 0 Å². The zero-order chi connectivity index (χ0) is 10.8. The quantitative estimate of drug-likeness (QED) is 0.903. The third-order valence-electron chi connectivity index (χ3n) is 2.35. The Labute approximate surface area is 96.7 Å². The third kappa shape index (κ3) is 1.98. The Kier molecular flexibility index (Phi) is 2.93. The second kappa shape index (κ2) is 4.21. The van der Waals surface area contributed by atoms with Gasteiger partial charge in [-0.05, 0) is 30.7 Å². The average molecular weight is 267 g/mol. The van der Waals surface area contributed by atoms with Crippen LogP contribution >= 0.6 is 15.9 Å². The summed E-state index contributed by atoms with van der Waals surface area (Å²) in [5.74, 6) is 1.38. The summed E-state index contributed by atoms with van der Waals surface area (Å²) in [5, 5.41) is 8.92. The van der Waals surface area contributed by atoms with Crippen LogP contribution in [0.15, 0.2) is 39.2 Å². The van der Waals surface area contributed by atoms with Crippen LogP contribution in [0.1, 0.15) is 11.3 Å². The molecule has 0 radical (unpaired) electrons. The lowest BCUT2D eigenvalue weighted by atomic mass is 10.1. The third-order valence-corrected chi connectivity index (χ3v) is 3.21. The molecule has 0 fully saturated rings. The van der Waals surface area contributed by atoms with Crippen LogP contribution < -0.4 is 0 Å². The van der Waals surface area contributed by atoms with Crippen molar-refractivity contribution >= 4 is 15.9 Å². The maximum Gasteiger partial charge on any atom is 0.134 e. The van der Waals surface area contributed by atoms with Crippen molar-refractivity contribution in [3.63, 3.8) is 0 Å². The highest BCUT2D eigenvalue weighted by Gasteiger charge is 2.08. The largest absolute Gasteiger partial charge is 0.459 e. The molecular formula is C12H11BrO2. The van der Waals surface area contributed by atoms with Gasteiger partial charge in [-0.1, -0.05) is 28.1 Å². The van der Waals surface area contributed by atoms with Gasteiger partial charge >= 0.3 is 0 Å². The fraction of sp³-hybridized carbons (Fsp3) is 0.167. The molecule has 0 aliphatic heterocycles. The number of furan rings is 1. The molecule has 1 heterocycles. The Hall–Kier alpha value is -1.06. The Balaban J connectivity index is 2.49. The van der Waals surface area contributed by atoms with E-state index in [4.69, 9.17) is 9.52 Å². The van der Waals surface area contributed by atoms with E-state index in [0.717, 1.165) is 21.4 Å². The molecule has 0 spiro atoms. The highest BCUT2D eigenvalue weighted by Crippen LogP contribution is 2.29. The SMILES string of the molecule is Cc1c(Br)cccc1-c1ccc(CO)o1. The molecule has 0 aliphatic rings. The predicted octanol–water partition coefficient (Wildman–Crippen LogP) is 3.51. The normalized spacial score (nSPS) is 10.6. The second-order valence-corrected chi connectivity index (χ2v) is 4.19. The van der Waals surface area contributed by atoms with E-state index in [2.05, 4.69) is 15.9 Å². The summed E-state index contributed by atoms with van der Waals surface area (Å²) in [4.78, 5) is 0. The van der Waals surface area contributed by atoms with Crippen molar-refractivity contribution in [2.24, 2.45) is 0 Å². The molecule has 78 valence electrons. The van der Waals surface area contributed by atoms with Gasteiger partial charge in [0.1, 0.15) is 18.1 Å². The van der Waals surface area contributed by atoms with Crippen LogP contribution in [0.5, 0.6) is 0 Å². The molecule has 2 aromatic rings. The van der Waals surface area contributed by atoms with Crippen LogP contribution in [-0.2, 0) is 6.61 Å². The first-order chi connectivity index (χ1) is 7.22. The Bertz CT molecular complexity index is 474. The van der Waals surface area contributed by atoms with Crippen LogP contribution in [-0.4, -0.2) is 5.11 Å². The van der Waals surface area contributed by atoms with E-state index in [1.807, 2.05) is 31.2 Å². The number of halogens is 1. The molecular weight excluding hydrogens is 256 g/mol. The van der Waals surface area contributed by atoms with Crippen molar-refractivity contribution in [2.45, 2.75) is 13.5 Å². The summed E-state index contributed by atoms with van der Waals surface area (Å²) in [6.45, 7) is 1.97. The molecule has 1 aromatic heterocycles. The van der Waals surface area contributed by atoms with Crippen LogP contribution in [0.4, 0.5) is 0 Å². The lowest BCUT2D eigenvalue weighted by Crippen LogP contribution is -1.82. The first-order valence-electron chi connectivity index (χ1n) is 4.67. The summed E-state index contributed by atoms with van der Waals surface area (Å²) in [7, 11) is 0. The fourth-order valence-electron chi connectivity index (χ4n) is 1.48. The molecule has 0 atom stereocenters. The zero-order valence-electron chi connectivity index (χ0n) is 8.33. The molecule has 15 heavy (non-hydrogen) atoms.